The molecule has 0 spiro atoms. The lowest BCUT2D eigenvalue weighted by molar-refractivity contribution is -0.131. The first-order valence-corrected chi connectivity index (χ1v) is 13.8. The molecule has 0 aromatic heterocycles. The second kappa shape index (κ2) is 10.4. The fourth-order valence-electron chi connectivity index (χ4n) is 4.78. The molecule has 3 aromatic carbocycles. The molecule has 0 aliphatic carbocycles. The van der Waals surface area contributed by atoms with E-state index in [9.17, 15) is 13.2 Å². The minimum Gasteiger partial charge on any atom is -0.454 e. The van der Waals surface area contributed by atoms with E-state index in [-0.39, 0.29) is 24.1 Å². The molecule has 2 heterocycles. The second-order valence-corrected chi connectivity index (χ2v) is 11.3. The summed E-state index contributed by atoms with van der Waals surface area (Å²) in [5, 5.41) is 0. The van der Waals surface area contributed by atoms with Crippen molar-refractivity contribution in [3.05, 3.63) is 83.4 Å². The monoisotopic (exact) mass is 521 g/mol. The Morgan fingerprint density at radius 1 is 0.892 bits per heavy atom. The third-order valence-corrected chi connectivity index (χ3v) is 8.57. The molecule has 0 saturated carbocycles. The van der Waals surface area contributed by atoms with Crippen molar-refractivity contribution in [1.29, 1.82) is 0 Å². The fraction of sp³-hybridized carbons (Fsp3) is 0.321. The van der Waals surface area contributed by atoms with Gasteiger partial charge in [-0.05, 0) is 55.3 Å². The van der Waals surface area contributed by atoms with Crippen LogP contribution in [0, 0.1) is 13.8 Å². The van der Waals surface area contributed by atoms with E-state index in [1.807, 2.05) is 44.2 Å². The van der Waals surface area contributed by atoms with Crippen molar-refractivity contribution in [3.8, 4) is 11.5 Å². The lowest BCUT2D eigenvalue weighted by Gasteiger charge is -2.36. The Hall–Kier alpha value is -3.56. The maximum Gasteiger partial charge on any atom is 0.264 e. The molecular weight excluding hydrogens is 490 g/mol. The van der Waals surface area contributed by atoms with Crippen LogP contribution in [-0.2, 0) is 21.4 Å². The summed E-state index contributed by atoms with van der Waals surface area (Å²) in [6, 6.07) is 19.8. The van der Waals surface area contributed by atoms with Crippen molar-refractivity contribution in [1.82, 2.24) is 9.80 Å². The van der Waals surface area contributed by atoms with Crippen LogP contribution in [0.15, 0.2) is 71.6 Å². The molecule has 0 bridgehead atoms. The van der Waals surface area contributed by atoms with Crippen molar-refractivity contribution >= 4 is 21.6 Å². The molecule has 0 radical (unpaired) electrons. The summed E-state index contributed by atoms with van der Waals surface area (Å²) in [4.78, 5) is 17.6. The van der Waals surface area contributed by atoms with E-state index in [4.69, 9.17) is 9.47 Å². The van der Waals surface area contributed by atoms with E-state index in [2.05, 4.69) is 4.90 Å². The molecule has 194 valence electrons. The summed E-state index contributed by atoms with van der Waals surface area (Å²) in [7, 11) is -3.93. The standard InChI is InChI=1S/C28H31N3O5S/c1-21-8-10-25(22(2)16-21)31(37(33,34)24-6-4-3-5-7-24)19-28(32)30-14-12-29(13-15-30)18-23-9-11-26-27(17-23)36-20-35-26/h3-11,16-17H,12-15,18-20H2,1-2H3. The van der Waals surface area contributed by atoms with E-state index in [1.54, 1.807) is 41.3 Å². The van der Waals surface area contributed by atoms with Gasteiger partial charge >= 0.3 is 0 Å². The largest absolute Gasteiger partial charge is 0.454 e. The minimum atomic E-state index is -3.93. The first-order chi connectivity index (χ1) is 17.8. The smallest absolute Gasteiger partial charge is 0.264 e. The Kier molecular flexibility index (Phi) is 7.08. The summed E-state index contributed by atoms with van der Waals surface area (Å²) >= 11 is 0. The summed E-state index contributed by atoms with van der Waals surface area (Å²) in [6.07, 6.45) is 0. The lowest BCUT2D eigenvalue weighted by atomic mass is 10.1. The van der Waals surface area contributed by atoms with Crippen LogP contribution < -0.4 is 13.8 Å². The molecule has 0 atom stereocenters. The first kappa shape index (κ1) is 25.1. The van der Waals surface area contributed by atoms with Crippen LogP contribution in [0.4, 0.5) is 5.69 Å². The zero-order valence-corrected chi connectivity index (χ0v) is 21.9. The fourth-order valence-corrected chi connectivity index (χ4v) is 6.28. The van der Waals surface area contributed by atoms with E-state index >= 15 is 0 Å². The number of hydrogen-bond acceptors (Lipinski definition) is 6. The number of rotatable bonds is 7. The lowest BCUT2D eigenvalue weighted by Crippen LogP contribution is -2.51. The molecular formula is C28H31N3O5S. The second-order valence-electron chi connectivity index (χ2n) is 9.46. The average molecular weight is 522 g/mol. The molecule has 3 aromatic rings. The van der Waals surface area contributed by atoms with Crippen LogP contribution in [0.1, 0.15) is 16.7 Å². The number of nitrogens with zero attached hydrogens (tertiary/aromatic N) is 3. The molecule has 1 amide bonds. The van der Waals surface area contributed by atoms with Crippen molar-refractivity contribution in [3.63, 3.8) is 0 Å². The van der Waals surface area contributed by atoms with Crippen LogP contribution in [-0.4, -0.2) is 63.6 Å². The number of hydrogen-bond donors (Lipinski definition) is 0. The number of ether oxygens (including phenoxy) is 2. The van der Waals surface area contributed by atoms with E-state index < -0.39 is 10.0 Å². The highest BCUT2D eigenvalue weighted by atomic mass is 32.2. The van der Waals surface area contributed by atoms with Crippen LogP contribution >= 0.6 is 0 Å². The minimum absolute atomic E-state index is 0.163. The van der Waals surface area contributed by atoms with E-state index in [0.29, 0.717) is 31.9 Å². The predicted molar refractivity (Wildman–Crippen MR) is 141 cm³/mol. The Labute approximate surface area is 218 Å². The Balaban J connectivity index is 1.28. The van der Waals surface area contributed by atoms with Gasteiger partial charge in [0.1, 0.15) is 6.54 Å². The topological polar surface area (TPSA) is 79.4 Å². The number of amides is 1. The number of carbonyl (C=O) groups excluding carboxylic acids is 1. The van der Waals surface area contributed by atoms with E-state index in [0.717, 1.165) is 34.7 Å². The van der Waals surface area contributed by atoms with Crippen molar-refractivity contribution in [2.75, 3.05) is 43.8 Å². The van der Waals surface area contributed by atoms with Gasteiger partial charge in [-0.3, -0.25) is 14.0 Å². The van der Waals surface area contributed by atoms with Crippen LogP contribution in [0.5, 0.6) is 11.5 Å². The Morgan fingerprint density at radius 2 is 1.62 bits per heavy atom. The normalized spacial score (nSPS) is 15.6. The Morgan fingerprint density at radius 3 is 2.35 bits per heavy atom. The van der Waals surface area contributed by atoms with Gasteiger partial charge in [0.2, 0.25) is 12.7 Å². The highest BCUT2D eigenvalue weighted by Gasteiger charge is 2.31. The number of benzene rings is 3. The SMILES string of the molecule is Cc1ccc(N(CC(=O)N2CCN(Cc3ccc4c(c3)OCO4)CC2)S(=O)(=O)c2ccccc2)c(C)c1. The number of anilines is 1. The zero-order chi connectivity index (χ0) is 26.0. The van der Waals surface area contributed by atoms with Gasteiger partial charge in [0.05, 0.1) is 10.6 Å². The van der Waals surface area contributed by atoms with Gasteiger partial charge in [0, 0.05) is 32.7 Å². The van der Waals surface area contributed by atoms with Crippen molar-refractivity contribution < 1.29 is 22.7 Å². The van der Waals surface area contributed by atoms with Crippen molar-refractivity contribution in [2.24, 2.45) is 0 Å². The molecule has 5 rings (SSSR count). The highest BCUT2D eigenvalue weighted by Crippen LogP contribution is 2.33. The predicted octanol–water partition coefficient (Wildman–Crippen LogP) is 3.57. The molecule has 8 nitrogen and oxygen atoms in total. The highest BCUT2D eigenvalue weighted by molar-refractivity contribution is 7.92. The molecule has 2 aliphatic heterocycles. The van der Waals surface area contributed by atoms with Gasteiger partial charge in [0.25, 0.3) is 10.0 Å². The summed E-state index contributed by atoms with van der Waals surface area (Å²) < 4.78 is 39.4. The maximum absolute atomic E-state index is 13.7. The molecule has 0 N–H and O–H groups in total. The van der Waals surface area contributed by atoms with Gasteiger partial charge in [0.15, 0.2) is 11.5 Å². The number of piperazine rings is 1. The molecule has 9 heteroatoms. The van der Waals surface area contributed by atoms with Gasteiger partial charge in [-0.15, -0.1) is 0 Å². The molecule has 1 saturated heterocycles. The van der Waals surface area contributed by atoms with Crippen LogP contribution in [0.3, 0.4) is 0 Å². The summed E-state index contributed by atoms with van der Waals surface area (Å²) in [6.45, 7) is 7.06. The molecule has 2 aliphatic rings. The Bertz CT molecular complexity index is 1390. The third kappa shape index (κ3) is 5.42. The maximum atomic E-state index is 13.7. The van der Waals surface area contributed by atoms with Gasteiger partial charge in [-0.25, -0.2) is 8.42 Å². The number of fused-ring (bicyclic) bond motifs is 1. The number of aryl methyl sites for hydroxylation is 2. The molecule has 1 fully saturated rings. The van der Waals surface area contributed by atoms with E-state index in [1.165, 1.54) is 4.31 Å². The van der Waals surface area contributed by atoms with Gasteiger partial charge in [-0.1, -0.05) is 42.0 Å². The molecule has 0 unspecified atom stereocenters. The molecule has 37 heavy (non-hydrogen) atoms. The first-order valence-electron chi connectivity index (χ1n) is 12.3. The average Bonchev–Trinajstić information content (AvgIpc) is 3.36. The quantitative estimate of drug-likeness (QED) is 0.473. The number of carbonyl (C=O) groups is 1. The van der Waals surface area contributed by atoms with Crippen LogP contribution in [0.25, 0.3) is 0 Å². The van der Waals surface area contributed by atoms with Crippen molar-refractivity contribution in [2.45, 2.75) is 25.3 Å². The zero-order valence-electron chi connectivity index (χ0n) is 21.1. The third-order valence-electron chi connectivity index (χ3n) is 6.80. The summed E-state index contributed by atoms with van der Waals surface area (Å²) in [5.74, 6) is 1.32. The number of sulfonamides is 1. The van der Waals surface area contributed by atoms with Gasteiger partial charge in [-0.2, -0.15) is 0 Å². The summed E-state index contributed by atoms with van der Waals surface area (Å²) in [5.41, 5.74) is 3.48. The van der Waals surface area contributed by atoms with Gasteiger partial charge < -0.3 is 14.4 Å². The van der Waals surface area contributed by atoms with Crippen LogP contribution in [0.2, 0.25) is 0 Å².